The molecule has 4 aromatic carbocycles. The van der Waals surface area contributed by atoms with Gasteiger partial charge in [0.25, 0.3) is 0 Å². The van der Waals surface area contributed by atoms with E-state index in [-0.39, 0.29) is 24.8 Å². The third-order valence-electron chi connectivity index (χ3n) is 7.70. The topological polar surface area (TPSA) is 0 Å². The van der Waals surface area contributed by atoms with Gasteiger partial charge < -0.3 is 0 Å². The molecule has 0 saturated heterocycles. The molecule has 0 N–H and O–H groups in total. The van der Waals surface area contributed by atoms with E-state index in [9.17, 15) is 0 Å². The van der Waals surface area contributed by atoms with E-state index in [1.807, 2.05) is 0 Å². The second-order valence-electron chi connectivity index (χ2n) is 10.1. The minimum atomic E-state index is -1.57. The van der Waals surface area contributed by atoms with E-state index in [0.29, 0.717) is 8.45 Å². The van der Waals surface area contributed by atoms with Crippen molar-refractivity contribution in [3.63, 3.8) is 0 Å². The smallest absolute Gasteiger partial charge is 0.147 e. The first-order valence-corrected chi connectivity index (χ1v) is 18.9. The molecule has 2 aliphatic carbocycles. The van der Waals surface area contributed by atoms with E-state index in [2.05, 4.69) is 124 Å². The van der Waals surface area contributed by atoms with Crippen LogP contribution in [-0.4, -0.2) is 6.19 Å². The van der Waals surface area contributed by atoms with Gasteiger partial charge in [-0.2, -0.15) is 0 Å². The van der Waals surface area contributed by atoms with Crippen molar-refractivity contribution in [3.8, 4) is 11.1 Å². The van der Waals surface area contributed by atoms with Crippen LogP contribution in [0.1, 0.15) is 44.5 Å². The van der Waals surface area contributed by atoms with Crippen LogP contribution in [0, 0.1) is 0 Å². The Labute approximate surface area is 234 Å². The summed E-state index contributed by atoms with van der Waals surface area (Å²) in [5.74, 6) is 0. The molecule has 4 aromatic rings. The number of hydrogen-bond acceptors (Lipinski definition) is 0. The van der Waals surface area contributed by atoms with Crippen molar-refractivity contribution in [1.29, 1.82) is 0 Å². The maximum atomic E-state index is 2.59. The summed E-state index contributed by atoms with van der Waals surface area (Å²) in [7, 11) is 0. The quantitative estimate of drug-likeness (QED) is 0.218. The Bertz CT molecular complexity index is 1550. The van der Waals surface area contributed by atoms with Gasteiger partial charge in [-0.3, -0.25) is 0 Å². The van der Waals surface area contributed by atoms with Crippen molar-refractivity contribution in [2.45, 2.75) is 35.4 Å². The van der Waals surface area contributed by atoms with Gasteiger partial charge in [-0.15, -0.1) is 24.8 Å². The van der Waals surface area contributed by atoms with Crippen LogP contribution >= 0.6 is 24.8 Å². The van der Waals surface area contributed by atoms with Gasteiger partial charge in [-0.05, 0) is 0 Å². The Hall–Kier alpha value is -1.87. The van der Waals surface area contributed by atoms with Crippen molar-refractivity contribution in [2.24, 2.45) is 0 Å². The van der Waals surface area contributed by atoms with E-state index < -0.39 is 22.8 Å². The van der Waals surface area contributed by atoms with Gasteiger partial charge in [-0.25, -0.2) is 0 Å². The summed E-state index contributed by atoms with van der Waals surface area (Å²) in [6.07, 6.45) is 4.59. The largest absolute Gasteiger partial charge is 0.147 e. The van der Waals surface area contributed by atoms with Gasteiger partial charge in [0.15, 0.2) is 0 Å². The fraction of sp³-hybridized carbons (Fsp3) is 0.188. The number of allylic oxidation sites excluding steroid dienone is 2. The van der Waals surface area contributed by atoms with E-state index in [0.717, 1.165) is 0 Å². The molecule has 2 unspecified atom stereocenters. The maximum Gasteiger partial charge on any atom is -0.147 e. The molecule has 0 amide bonds. The summed E-state index contributed by atoms with van der Waals surface area (Å²) in [6.45, 7) is 9.99. The second-order valence-corrected chi connectivity index (χ2v) is 22.4. The van der Waals surface area contributed by atoms with E-state index >= 15 is 0 Å². The summed E-state index contributed by atoms with van der Waals surface area (Å²) in [6, 6.07) is 31.8. The van der Waals surface area contributed by atoms with Crippen molar-refractivity contribution < 1.29 is 16.6 Å². The molecule has 0 nitrogen and oxygen atoms in total. The van der Waals surface area contributed by atoms with Crippen LogP contribution < -0.4 is 0 Å². The molecule has 6 rings (SSSR count). The number of fused-ring (bicyclic) bond motifs is 3. The van der Waals surface area contributed by atoms with Gasteiger partial charge in [-0.1, -0.05) is 0 Å². The number of halogens is 2. The van der Waals surface area contributed by atoms with Crippen LogP contribution in [0.4, 0.5) is 0 Å². The first kappa shape index (κ1) is 27.2. The zero-order chi connectivity index (χ0) is 23.4. The predicted octanol–water partition coefficient (Wildman–Crippen LogP) is 9.84. The molecule has 4 heteroatoms. The average Bonchev–Trinajstić information content (AvgIpc) is 3.35. The molecule has 0 aliphatic heterocycles. The van der Waals surface area contributed by atoms with Crippen LogP contribution in [-0.2, 0) is 16.6 Å². The van der Waals surface area contributed by atoms with Gasteiger partial charge in [0.2, 0.25) is 0 Å². The van der Waals surface area contributed by atoms with Gasteiger partial charge >= 0.3 is 211 Å². The molecular weight excluding hydrogens is 531 g/mol. The standard InChI is InChI=1S/C20H15.C10H9.C2H6Si.2ClH.Ti/c1-14-12-16-8-5-11-19(20(16)13-14)18-10-4-7-15-6-2-3-9-17(15)18;1-8-6-9-4-2-3-5-10(9)7-8;1-3-2;;;/h2-13H,1H3;2-7H,1H3;1-2H3;2*1H;. The van der Waals surface area contributed by atoms with Crippen molar-refractivity contribution in [3.05, 3.63) is 118 Å². The van der Waals surface area contributed by atoms with Crippen LogP contribution in [0.2, 0.25) is 13.1 Å². The Balaban J connectivity index is 0.00000152. The molecule has 0 aromatic heterocycles. The molecule has 36 heavy (non-hydrogen) atoms. The van der Waals surface area contributed by atoms with Crippen molar-refractivity contribution in [1.82, 2.24) is 0 Å². The normalized spacial score (nSPS) is 17.3. The first-order chi connectivity index (χ1) is 16.5. The minimum Gasteiger partial charge on any atom is -0.147 e. The average molecular weight is 563 g/mol. The van der Waals surface area contributed by atoms with Crippen LogP contribution in [0.3, 0.4) is 0 Å². The zero-order valence-corrected chi connectivity index (χ0v) is 25.4. The molecule has 182 valence electrons. The Morgan fingerprint density at radius 1 is 0.611 bits per heavy atom. The summed E-state index contributed by atoms with van der Waals surface area (Å²) < 4.78 is 1.33. The van der Waals surface area contributed by atoms with E-state index in [1.165, 1.54) is 33.0 Å². The fourth-order valence-corrected chi connectivity index (χ4v) is 20.2. The fourth-order valence-electron chi connectivity index (χ4n) is 6.30. The van der Waals surface area contributed by atoms with Crippen LogP contribution in [0.5, 0.6) is 0 Å². The molecule has 0 bridgehead atoms. The maximum absolute atomic E-state index is 2.59. The number of rotatable bonds is 3. The number of hydrogen-bond donors (Lipinski definition) is 0. The van der Waals surface area contributed by atoms with E-state index in [1.54, 1.807) is 22.3 Å². The summed E-state index contributed by atoms with van der Waals surface area (Å²) in [4.78, 5) is 0. The van der Waals surface area contributed by atoms with Crippen LogP contribution in [0.25, 0.3) is 34.1 Å². The number of benzene rings is 4. The third kappa shape index (κ3) is 4.40. The molecule has 2 atom stereocenters. The zero-order valence-electron chi connectivity index (χ0n) is 21.2. The Kier molecular flexibility index (Phi) is 8.19. The van der Waals surface area contributed by atoms with E-state index in [4.69, 9.17) is 0 Å². The third-order valence-corrected chi connectivity index (χ3v) is 21.0. The van der Waals surface area contributed by atoms with Gasteiger partial charge in [0.1, 0.15) is 0 Å². The second kappa shape index (κ2) is 10.9. The Morgan fingerprint density at radius 2 is 1.19 bits per heavy atom. The molecule has 0 spiro atoms. The molecule has 0 fully saturated rings. The summed E-state index contributed by atoms with van der Waals surface area (Å²) in [5, 5.41) is 2.67. The minimum absolute atomic E-state index is 0. The van der Waals surface area contributed by atoms with Crippen molar-refractivity contribution in [2.75, 3.05) is 0 Å². The van der Waals surface area contributed by atoms with Crippen molar-refractivity contribution >= 4 is 53.9 Å². The predicted molar refractivity (Wildman–Crippen MR) is 161 cm³/mol. The summed E-state index contributed by atoms with van der Waals surface area (Å²) in [5.41, 5.74) is 12.1. The SMILES string of the molecule is CC1=Cc2ccccc2[CH]1[Ti]([CH]1C(C)=Cc2c(-c3cccc4ccccc34)cccc21)=[Si](C)C.Cl.Cl. The molecule has 0 heterocycles. The van der Waals surface area contributed by atoms with Gasteiger partial charge in [0.05, 0.1) is 0 Å². The molecular formula is C32H32Cl2SiTi. The van der Waals surface area contributed by atoms with Gasteiger partial charge in [0, 0.05) is 0 Å². The molecule has 2 aliphatic rings. The first-order valence-electron chi connectivity index (χ1n) is 12.3. The Morgan fingerprint density at radius 3 is 2.00 bits per heavy atom. The molecule has 0 saturated carbocycles. The van der Waals surface area contributed by atoms with Crippen LogP contribution in [0.15, 0.2) is 96.1 Å². The summed E-state index contributed by atoms with van der Waals surface area (Å²) >= 11 is -1.57. The monoisotopic (exact) mass is 562 g/mol. The molecule has 0 radical (unpaired) electrons.